The monoisotopic (exact) mass is 402 g/mol. The fourth-order valence-electron chi connectivity index (χ4n) is 3.25. The van der Waals surface area contributed by atoms with Crippen LogP contribution in [0, 0.1) is 6.92 Å². The summed E-state index contributed by atoms with van der Waals surface area (Å²) in [5, 5.41) is 14.1. The Kier molecular flexibility index (Phi) is 5.30. The summed E-state index contributed by atoms with van der Waals surface area (Å²) >= 11 is 0. The number of aromatic nitrogens is 5. The van der Waals surface area contributed by atoms with Crippen LogP contribution in [0.2, 0.25) is 0 Å². The fourth-order valence-corrected chi connectivity index (χ4v) is 3.25. The van der Waals surface area contributed by atoms with Crippen molar-refractivity contribution in [1.82, 2.24) is 25.0 Å². The summed E-state index contributed by atoms with van der Waals surface area (Å²) in [6, 6.07) is 15.4. The van der Waals surface area contributed by atoms with Crippen LogP contribution in [0.15, 0.2) is 54.7 Å². The molecule has 8 heteroatoms. The molecule has 0 aliphatic rings. The lowest BCUT2D eigenvalue weighted by molar-refractivity contribution is 0.102. The number of anilines is 1. The summed E-state index contributed by atoms with van der Waals surface area (Å²) in [6.07, 6.45) is 2.23. The molecule has 152 valence electrons. The molecule has 0 radical (unpaired) electrons. The number of nitrogens with zero attached hydrogens (tertiary/aromatic N) is 4. The van der Waals surface area contributed by atoms with E-state index in [-0.39, 0.29) is 11.9 Å². The molecule has 0 spiro atoms. The van der Waals surface area contributed by atoms with E-state index >= 15 is 0 Å². The Morgan fingerprint density at radius 1 is 1.20 bits per heavy atom. The number of ether oxygens (including phenoxy) is 1. The molecule has 4 rings (SSSR count). The zero-order chi connectivity index (χ0) is 21.1. The molecule has 0 bridgehead atoms. The second kappa shape index (κ2) is 8.20. The van der Waals surface area contributed by atoms with Gasteiger partial charge in [0, 0.05) is 5.56 Å². The Labute approximate surface area is 173 Å². The van der Waals surface area contributed by atoms with Crippen LogP contribution in [0.3, 0.4) is 0 Å². The standard InChI is InChI=1S/C22H22N6O2/c1-4-19-18(13-23-28(19)16-7-5-6-14(2)12-16)21(29)25-22-24-20(26-27-22)15-8-10-17(30-3)11-9-15/h5-13H,4H2,1-3H3,(H2,24,25,26,27,29). The second-order valence-electron chi connectivity index (χ2n) is 6.80. The molecular formula is C22H22N6O2. The highest BCUT2D eigenvalue weighted by atomic mass is 16.5. The van der Waals surface area contributed by atoms with Crippen LogP contribution in [-0.4, -0.2) is 38.0 Å². The largest absolute Gasteiger partial charge is 0.497 e. The second-order valence-corrected chi connectivity index (χ2v) is 6.80. The number of hydrogen-bond acceptors (Lipinski definition) is 5. The number of rotatable bonds is 6. The average Bonchev–Trinajstić information content (AvgIpc) is 3.40. The Hall–Kier alpha value is -3.94. The minimum absolute atomic E-state index is 0.205. The lowest BCUT2D eigenvalue weighted by Crippen LogP contribution is -2.15. The van der Waals surface area contributed by atoms with E-state index in [2.05, 4.69) is 25.6 Å². The first-order valence-corrected chi connectivity index (χ1v) is 9.61. The number of aromatic amines is 1. The van der Waals surface area contributed by atoms with E-state index in [1.165, 1.54) is 0 Å². The smallest absolute Gasteiger partial charge is 0.261 e. The van der Waals surface area contributed by atoms with E-state index in [1.54, 1.807) is 18.0 Å². The van der Waals surface area contributed by atoms with Crippen molar-refractivity contribution in [3.63, 3.8) is 0 Å². The molecule has 2 N–H and O–H groups in total. The van der Waals surface area contributed by atoms with Gasteiger partial charge in [0.15, 0.2) is 5.82 Å². The van der Waals surface area contributed by atoms with Gasteiger partial charge in [0.1, 0.15) is 5.75 Å². The van der Waals surface area contributed by atoms with Crippen LogP contribution >= 0.6 is 0 Å². The number of aryl methyl sites for hydroxylation is 1. The number of methoxy groups -OCH3 is 1. The van der Waals surface area contributed by atoms with Gasteiger partial charge in [0.2, 0.25) is 5.95 Å². The first-order valence-electron chi connectivity index (χ1n) is 9.61. The third kappa shape index (κ3) is 3.80. The molecule has 2 heterocycles. The Morgan fingerprint density at radius 2 is 2.00 bits per heavy atom. The molecule has 0 saturated carbocycles. The van der Waals surface area contributed by atoms with Crippen LogP contribution in [0.25, 0.3) is 17.1 Å². The van der Waals surface area contributed by atoms with E-state index in [4.69, 9.17) is 4.74 Å². The van der Waals surface area contributed by atoms with Gasteiger partial charge in [-0.05, 0) is 55.3 Å². The molecule has 2 aromatic carbocycles. The third-order valence-corrected chi connectivity index (χ3v) is 4.77. The van der Waals surface area contributed by atoms with Crippen molar-refractivity contribution in [3.8, 4) is 22.8 Å². The zero-order valence-electron chi connectivity index (χ0n) is 17.0. The van der Waals surface area contributed by atoms with Crippen LogP contribution in [-0.2, 0) is 6.42 Å². The minimum atomic E-state index is -0.300. The summed E-state index contributed by atoms with van der Waals surface area (Å²) in [7, 11) is 1.61. The molecule has 0 fully saturated rings. The highest BCUT2D eigenvalue weighted by Crippen LogP contribution is 2.21. The molecule has 0 atom stereocenters. The van der Waals surface area contributed by atoms with E-state index in [1.807, 2.05) is 62.4 Å². The molecule has 0 aliphatic carbocycles. The van der Waals surface area contributed by atoms with Crippen molar-refractivity contribution < 1.29 is 9.53 Å². The summed E-state index contributed by atoms with van der Waals surface area (Å²) in [5.41, 5.74) is 4.21. The number of nitrogens with one attached hydrogen (secondary N) is 2. The summed E-state index contributed by atoms with van der Waals surface area (Å²) in [5.74, 6) is 1.21. The number of amides is 1. The van der Waals surface area contributed by atoms with E-state index in [0.717, 1.165) is 28.3 Å². The number of hydrogen-bond donors (Lipinski definition) is 2. The molecular weight excluding hydrogens is 380 g/mol. The SMILES string of the molecule is CCc1c(C(=O)Nc2n[nH]c(-c3ccc(OC)cc3)n2)cnn1-c1cccc(C)c1. The Balaban J connectivity index is 1.55. The van der Waals surface area contributed by atoms with Gasteiger partial charge < -0.3 is 4.74 Å². The predicted octanol–water partition coefficient (Wildman–Crippen LogP) is 3.79. The van der Waals surface area contributed by atoms with Gasteiger partial charge in [-0.15, -0.1) is 5.10 Å². The van der Waals surface area contributed by atoms with Crippen molar-refractivity contribution in [3.05, 3.63) is 71.5 Å². The van der Waals surface area contributed by atoms with Crippen molar-refractivity contribution in [2.45, 2.75) is 20.3 Å². The maximum atomic E-state index is 12.9. The lowest BCUT2D eigenvalue weighted by Gasteiger charge is -2.08. The number of carbonyl (C=O) groups excluding carboxylic acids is 1. The quantitative estimate of drug-likeness (QED) is 0.511. The molecule has 30 heavy (non-hydrogen) atoms. The molecule has 4 aromatic rings. The molecule has 2 aromatic heterocycles. The van der Waals surface area contributed by atoms with Crippen LogP contribution in [0.1, 0.15) is 28.5 Å². The number of carbonyl (C=O) groups is 1. The van der Waals surface area contributed by atoms with E-state index < -0.39 is 0 Å². The Morgan fingerprint density at radius 3 is 2.70 bits per heavy atom. The van der Waals surface area contributed by atoms with Crippen LogP contribution < -0.4 is 10.1 Å². The van der Waals surface area contributed by atoms with Gasteiger partial charge in [0.25, 0.3) is 5.91 Å². The third-order valence-electron chi connectivity index (χ3n) is 4.77. The topological polar surface area (TPSA) is 97.7 Å². The first-order chi connectivity index (χ1) is 14.6. The van der Waals surface area contributed by atoms with Crippen molar-refractivity contribution in [2.75, 3.05) is 12.4 Å². The summed E-state index contributed by atoms with van der Waals surface area (Å²) in [6.45, 7) is 4.02. The molecule has 8 nitrogen and oxygen atoms in total. The van der Waals surface area contributed by atoms with E-state index in [0.29, 0.717) is 17.8 Å². The number of benzene rings is 2. The Bertz CT molecular complexity index is 1180. The maximum absolute atomic E-state index is 12.9. The van der Waals surface area contributed by atoms with Gasteiger partial charge in [-0.25, -0.2) is 4.68 Å². The highest BCUT2D eigenvalue weighted by Gasteiger charge is 2.19. The highest BCUT2D eigenvalue weighted by molar-refractivity contribution is 6.04. The lowest BCUT2D eigenvalue weighted by atomic mass is 10.1. The molecule has 1 amide bonds. The van der Waals surface area contributed by atoms with Gasteiger partial charge in [-0.2, -0.15) is 10.1 Å². The fraction of sp³-hybridized carbons (Fsp3) is 0.182. The zero-order valence-corrected chi connectivity index (χ0v) is 17.0. The van der Waals surface area contributed by atoms with E-state index in [9.17, 15) is 4.79 Å². The van der Waals surface area contributed by atoms with Crippen molar-refractivity contribution >= 4 is 11.9 Å². The molecule has 0 unspecified atom stereocenters. The number of H-pyrrole nitrogens is 1. The van der Waals surface area contributed by atoms with Gasteiger partial charge in [-0.3, -0.25) is 15.2 Å². The maximum Gasteiger partial charge on any atom is 0.261 e. The normalized spacial score (nSPS) is 10.8. The van der Waals surface area contributed by atoms with Crippen LogP contribution in [0.4, 0.5) is 5.95 Å². The van der Waals surface area contributed by atoms with Gasteiger partial charge in [0.05, 0.1) is 30.3 Å². The molecule has 0 saturated heterocycles. The molecule has 0 aliphatic heterocycles. The average molecular weight is 402 g/mol. The predicted molar refractivity (Wildman–Crippen MR) is 114 cm³/mol. The minimum Gasteiger partial charge on any atom is -0.497 e. The van der Waals surface area contributed by atoms with Crippen LogP contribution in [0.5, 0.6) is 5.75 Å². The summed E-state index contributed by atoms with van der Waals surface area (Å²) < 4.78 is 6.96. The van der Waals surface area contributed by atoms with Crippen molar-refractivity contribution in [2.24, 2.45) is 0 Å². The summed E-state index contributed by atoms with van der Waals surface area (Å²) in [4.78, 5) is 17.2. The van der Waals surface area contributed by atoms with Crippen molar-refractivity contribution in [1.29, 1.82) is 0 Å². The van der Waals surface area contributed by atoms with Gasteiger partial charge in [-0.1, -0.05) is 19.1 Å². The van der Waals surface area contributed by atoms with Gasteiger partial charge >= 0.3 is 0 Å². The first kappa shape index (κ1) is 19.4.